The van der Waals surface area contributed by atoms with Crippen molar-refractivity contribution in [3.05, 3.63) is 56.2 Å². The fourth-order valence-corrected chi connectivity index (χ4v) is 2.62. The van der Waals surface area contributed by atoms with Crippen LogP contribution in [0.25, 0.3) is 0 Å². The summed E-state index contributed by atoms with van der Waals surface area (Å²) in [5, 5.41) is 13.3. The first-order valence-electron chi connectivity index (χ1n) is 5.41. The highest BCUT2D eigenvalue weighted by atomic mass is 79.9. The van der Waals surface area contributed by atoms with Gasteiger partial charge in [-0.3, -0.25) is 4.79 Å². The third kappa shape index (κ3) is 3.65. The largest absolute Gasteiger partial charge is 0.478 e. The van der Waals surface area contributed by atoms with Gasteiger partial charge >= 0.3 is 5.97 Å². The van der Waals surface area contributed by atoms with Crippen LogP contribution in [-0.2, 0) is 6.54 Å². The number of benzene rings is 1. The van der Waals surface area contributed by atoms with Gasteiger partial charge in [-0.15, -0.1) is 11.3 Å². The maximum Gasteiger partial charge on any atom is 0.335 e. The van der Waals surface area contributed by atoms with Gasteiger partial charge in [0.1, 0.15) is 0 Å². The summed E-state index contributed by atoms with van der Waals surface area (Å²) in [4.78, 5) is 22.5. The average Bonchev–Trinajstić information content (AvgIpc) is 2.83. The Morgan fingerprint density at radius 3 is 2.42 bits per heavy atom. The molecule has 0 spiro atoms. The lowest BCUT2D eigenvalue weighted by Gasteiger charge is -2.04. The molecule has 0 aliphatic heterocycles. The van der Waals surface area contributed by atoms with Crippen molar-refractivity contribution in [1.29, 1.82) is 0 Å². The van der Waals surface area contributed by atoms with Crippen LogP contribution in [0.15, 0.2) is 39.5 Å². The molecule has 2 rings (SSSR count). The first kappa shape index (κ1) is 13.8. The SMILES string of the molecule is O=C(O)c1ccc(CNC(=O)c2csc(Br)c2)cc1. The van der Waals surface area contributed by atoms with Gasteiger partial charge in [0.25, 0.3) is 5.91 Å². The molecule has 0 fully saturated rings. The molecule has 1 aromatic heterocycles. The first-order chi connectivity index (χ1) is 9.06. The number of carbonyl (C=O) groups excluding carboxylic acids is 1. The average molecular weight is 340 g/mol. The smallest absolute Gasteiger partial charge is 0.335 e. The lowest BCUT2D eigenvalue weighted by atomic mass is 10.1. The molecule has 0 radical (unpaired) electrons. The number of hydrogen-bond donors (Lipinski definition) is 2. The van der Waals surface area contributed by atoms with E-state index in [0.717, 1.165) is 9.35 Å². The Balaban J connectivity index is 1.95. The molecule has 1 amide bonds. The summed E-state index contributed by atoms with van der Waals surface area (Å²) < 4.78 is 0.906. The monoisotopic (exact) mass is 339 g/mol. The minimum atomic E-state index is -0.960. The van der Waals surface area contributed by atoms with Crippen LogP contribution in [0.1, 0.15) is 26.3 Å². The Hall–Kier alpha value is -1.66. The second-order valence-corrected chi connectivity index (χ2v) is 6.11. The summed E-state index contributed by atoms with van der Waals surface area (Å²) in [7, 11) is 0. The van der Waals surface area contributed by atoms with E-state index >= 15 is 0 Å². The molecule has 0 unspecified atom stereocenters. The first-order valence-corrected chi connectivity index (χ1v) is 7.08. The highest BCUT2D eigenvalue weighted by molar-refractivity contribution is 9.11. The summed E-state index contributed by atoms with van der Waals surface area (Å²) in [6.45, 7) is 0.367. The van der Waals surface area contributed by atoms with Gasteiger partial charge < -0.3 is 10.4 Å². The third-order valence-electron chi connectivity index (χ3n) is 2.48. The number of halogens is 1. The van der Waals surface area contributed by atoms with E-state index in [4.69, 9.17) is 5.11 Å². The molecule has 6 heteroatoms. The summed E-state index contributed by atoms with van der Waals surface area (Å²) >= 11 is 4.75. The van der Waals surface area contributed by atoms with E-state index in [1.807, 2.05) is 0 Å². The standard InChI is InChI=1S/C13H10BrNO3S/c14-11-5-10(7-19-11)12(16)15-6-8-1-3-9(4-2-8)13(17)18/h1-5,7H,6H2,(H,15,16)(H,17,18). The number of carboxylic acids is 1. The fraction of sp³-hybridized carbons (Fsp3) is 0.0769. The molecule has 1 aromatic carbocycles. The van der Waals surface area contributed by atoms with Crippen LogP contribution in [0, 0.1) is 0 Å². The molecule has 0 aliphatic carbocycles. The fourth-order valence-electron chi connectivity index (χ4n) is 1.48. The topological polar surface area (TPSA) is 66.4 Å². The van der Waals surface area contributed by atoms with Crippen LogP contribution < -0.4 is 5.32 Å². The highest BCUT2D eigenvalue weighted by Gasteiger charge is 2.07. The van der Waals surface area contributed by atoms with Crippen LogP contribution in [0.2, 0.25) is 0 Å². The lowest BCUT2D eigenvalue weighted by molar-refractivity contribution is 0.0696. The molecule has 0 saturated heterocycles. The molecule has 0 aliphatic rings. The zero-order valence-electron chi connectivity index (χ0n) is 9.72. The number of rotatable bonds is 4. The zero-order chi connectivity index (χ0) is 13.8. The Labute approximate surface area is 122 Å². The van der Waals surface area contributed by atoms with Gasteiger partial charge in [0.05, 0.1) is 14.9 Å². The van der Waals surface area contributed by atoms with Crippen molar-refractivity contribution >= 4 is 39.1 Å². The molecule has 98 valence electrons. The van der Waals surface area contributed by atoms with Gasteiger partial charge in [-0.2, -0.15) is 0 Å². The number of amides is 1. The maximum atomic E-state index is 11.8. The Bertz CT molecular complexity index is 607. The molecular formula is C13H10BrNO3S. The molecule has 0 atom stereocenters. The van der Waals surface area contributed by atoms with Gasteiger partial charge in [-0.1, -0.05) is 12.1 Å². The van der Waals surface area contributed by atoms with Gasteiger partial charge in [0, 0.05) is 11.9 Å². The van der Waals surface area contributed by atoms with Crippen molar-refractivity contribution in [3.63, 3.8) is 0 Å². The van der Waals surface area contributed by atoms with E-state index in [0.29, 0.717) is 12.1 Å². The number of carboxylic acid groups (broad SMARTS) is 1. The van der Waals surface area contributed by atoms with E-state index in [1.54, 1.807) is 23.6 Å². The molecular weight excluding hydrogens is 330 g/mol. The van der Waals surface area contributed by atoms with Crippen LogP contribution in [0.5, 0.6) is 0 Å². The predicted octanol–water partition coefficient (Wildman–Crippen LogP) is 3.14. The van der Waals surface area contributed by atoms with Crippen molar-refractivity contribution in [2.75, 3.05) is 0 Å². The second-order valence-electron chi connectivity index (χ2n) is 3.82. The van der Waals surface area contributed by atoms with E-state index < -0.39 is 5.97 Å². The van der Waals surface area contributed by atoms with Gasteiger partial charge in [-0.25, -0.2) is 4.79 Å². The number of aromatic carboxylic acids is 1. The van der Waals surface area contributed by atoms with Crippen LogP contribution in [0.3, 0.4) is 0 Å². The number of thiophene rings is 1. The summed E-state index contributed by atoms with van der Waals surface area (Å²) in [6, 6.07) is 8.17. The second kappa shape index (κ2) is 5.99. The zero-order valence-corrected chi connectivity index (χ0v) is 12.1. The predicted molar refractivity (Wildman–Crippen MR) is 76.6 cm³/mol. The lowest BCUT2D eigenvalue weighted by Crippen LogP contribution is -2.22. The number of carbonyl (C=O) groups is 2. The van der Waals surface area contributed by atoms with Gasteiger partial charge in [-0.05, 0) is 39.7 Å². The Morgan fingerprint density at radius 2 is 1.89 bits per heavy atom. The van der Waals surface area contributed by atoms with Crippen LogP contribution >= 0.6 is 27.3 Å². The van der Waals surface area contributed by atoms with Crippen molar-refractivity contribution < 1.29 is 14.7 Å². The molecule has 0 bridgehead atoms. The molecule has 4 nitrogen and oxygen atoms in total. The van der Waals surface area contributed by atoms with Gasteiger partial charge in [0.15, 0.2) is 0 Å². The van der Waals surface area contributed by atoms with Crippen molar-refractivity contribution in [2.24, 2.45) is 0 Å². The minimum absolute atomic E-state index is 0.149. The molecule has 0 saturated carbocycles. The van der Waals surface area contributed by atoms with Crippen molar-refractivity contribution in [2.45, 2.75) is 6.54 Å². The molecule has 2 aromatic rings. The van der Waals surface area contributed by atoms with E-state index in [2.05, 4.69) is 21.2 Å². The molecule has 2 N–H and O–H groups in total. The van der Waals surface area contributed by atoms with Crippen molar-refractivity contribution in [1.82, 2.24) is 5.32 Å². The normalized spacial score (nSPS) is 10.2. The Kier molecular flexibility index (Phi) is 4.34. The number of hydrogen-bond acceptors (Lipinski definition) is 3. The molecule has 1 heterocycles. The number of nitrogens with one attached hydrogen (secondary N) is 1. The minimum Gasteiger partial charge on any atom is -0.478 e. The quantitative estimate of drug-likeness (QED) is 0.899. The third-order valence-corrected chi connectivity index (χ3v) is 3.99. The van der Waals surface area contributed by atoms with E-state index in [9.17, 15) is 9.59 Å². The van der Waals surface area contributed by atoms with Crippen LogP contribution in [0.4, 0.5) is 0 Å². The molecule has 19 heavy (non-hydrogen) atoms. The van der Waals surface area contributed by atoms with Gasteiger partial charge in [0.2, 0.25) is 0 Å². The van der Waals surface area contributed by atoms with Crippen molar-refractivity contribution in [3.8, 4) is 0 Å². The van der Waals surface area contributed by atoms with E-state index in [-0.39, 0.29) is 11.5 Å². The summed E-state index contributed by atoms with van der Waals surface area (Å²) in [5.74, 6) is -1.11. The van der Waals surface area contributed by atoms with Crippen LogP contribution in [-0.4, -0.2) is 17.0 Å². The maximum absolute atomic E-state index is 11.8. The Morgan fingerprint density at radius 1 is 1.21 bits per heavy atom. The van der Waals surface area contributed by atoms with E-state index in [1.165, 1.54) is 23.5 Å². The highest BCUT2D eigenvalue weighted by Crippen LogP contribution is 2.20. The summed E-state index contributed by atoms with van der Waals surface area (Å²) in [5.41, 5.74) is 1.70. The summed E-state index contributed by atoms with van der Waals surface area (Å²) in [6.07, 6.45) is 0.